The minimum atomic E-state index is -3.17. The van der Waals surface area contributed by atoms with Crippen LogP contribution >= 0.6 is 34.2 Å². The number of ether oxygens (including phenoxy) is 1. The molecule has 184 valence electrons. The first-order valence-electron chi connectivity index (χ1n) is 10.7. The van der Waals surface area contributed by atoms with Gasteiger partial charge in [0.1, 0.15) is 12.4 Å². The molecule has 34 heavy (non-hydrogen) atoms. The van der Waals surface area contributed by atoms with Crippen molar-refractivity contribution in [3.05, 3.63) is 47.0 Å². The molecular formula is C23H28ClF2IN6O. The number of rotatable bonds is 10. The minimum Gasteiger partial charge on any atom is -0.492 e. The third kappa shape index (κ3) is 7.67. The molecule has 7 nitrogen and oxygen atoms in total. The lowest BCUT2D eigenvalue weighted by Gasteiger charge is -2.19. The number of nitrogen functional groups attached to an aromatic ring is 1. The Morgan fingerprint density at radius 3 is 2.44 bits per heavy atom. The Labute approximate surface area is 216 Å². The normalized spacial score (nSPS) is 12.1. The summed E-state index contributed by atoms with van der Waals surface area (Å²) in [6, 6.07) is 9.81. The zero-order valence-electron chi connectivity index (χ0n) is 19.2. The van der Waals surface area contributed by atoms with Crippen LogP contribution in [0, 0.1) is 5.41 Å². The minimum absolute atomic E-state index is 0.104. The van der Waals surface area contributed by atoms with E-state index in [1.54, 1.807) is 30.3 Å². The van der Waals surface area contributed by atoms with Crippen molar-refractivity contribution < 1.29 is 13.5 Å². The van der Waals surface area contributed by atoms with E-state index in [-0.39, 0.29) is 33.5 Å². The van der Waals surface area contributed by atoms with Gasteiger partial charge in [-0.15, -0.1) is 5.10 Å². The average Bonchev–Trinajstić information content (AvgIpc) is 3.14. The van der Waals surface area contributed by atoms with Crippen molar-refractivity contribution in [2.75, 3.05) is 30.7 Å². The van der Waals surface area contributed by atoms with E-state index in [0.717, 1.165) is 42.1 Å². The number of H-pyrrole nitrogens is 1. The quantitative estimate of drug-likeness (QED) is 0.122. The number of anilines is 3. The molecule has 0 radical (unpaired) electrons. The van der Waals surface area contributed by atoms with Crippen LogP contribution in [-0.2, 0) is 3.93 Å². The fourth-order valence-electron chi connectivity index (χ4n) is 3.20. The lowest BCUT2D eigenvalue weighted by atomic mass is 9.92. The SMILES string of the molecule is CC(C)(C)CCNCCOc1ccc(-c2c(Cl)cc(Nc3n[nH]c(N)n3)cc2C(F)(F)I)cc1. The highest BCUT2D eigenvalue weighted by Crippen LogP contribution is 2.46. The summed E-state index contributed by atoms with van der Waals surface area (Å²) in [7, 11) is 0. The molecule has 0 aliphatic rings. The Morgan fingerprint density at radius 1 is 1.15 bits per heavy atom. The monoisotopic (exact) mass is 604 g/mol. The summed E-state index contributed by atoms with van der Waals surface area (Å²) in [6.07, 6.45) is 1.08. The largest absolute Gasteiger partial charge is 0.492 e. The van der Waals surface area contributed by atoms with E-state index in [2.05, 4.69) is 46.6 Å². The van der Waals surface area contributed by atoms with Crippen LogP contribution in [-0.4, -0.2) is 34.9 Å². The second kappa shape index (κ2) is 11.0. The summed E-state index contributed by atoms with van der Waals surface area (Å²) in [5.74, 6) is 0.909. The summed E-state index contributed by atoms with van der Waals surface area (Å²) in [6.45, 7) is 8.76. The molecule has 0 fully saturated rings. The smallest absolute Gasteiger partial charge is 0.322 e. The molecule has 2 aromatic carbocycles. The maximum absolute atomic E-state index is 14.5. The van der Waals surface area contributed by atoms with Gasteiger partial charge in [0.05, 0.1) is 5.02 Å². The first kappa shape index (κ1) is 26.4. The highest BCUT2D eigenvalue weighted by atomic mass is 127. The average molecular weight is 605 g/mol. The topological polar surface area (TPSA) is 101 Å². The molecular weight excluding hydrogens is 577 g/mol. The highest BCUT2D eigenvalue weighted by Gasteiger charge is 2.32. The molecule has 0 amide bonds. The van der Waals surface area contributed by atoms with Crippen molar-refractivity contribution in [2.24, 2.45) is 5.41 Å². The van der Waals surface area contributed by atoms with Gasteiger partial charge < -0.3 is 21.1 Å². The van der Waals surface area contributed by atoms with E-state index >= 15 is 0 Å². The van der Waals surface area contributed by atoms with E-state index in [1.165, 1.54) is 6.07 Å². The third-order valence-corrected chi connectivity index (χ3v) is 5.78. The van der Waals surface area contributed by atoms with Gasteiger partial charge in [0.25, 0.3) is 0 Å². The van der Waals surface area contributed by atoms with Crippen LogP contribution in [0.4, 0.5) is 26.4 Å². The fraction of sp³-hybridized carbons (Fsp3) is 0.391. The lowest BCUT2D eigenvalue weighted by molar-refractivity contribution is 0.128. The molecule has 0 spiro atoms. The molecule has 11 heteroatoms. The summed E-state index contributed by atoms with van der Waals surface area (Å²) in [5.41, 5.74) is 6.69. The van der Waals surface area contributed by atoms with E-state index in [1.807, 2.05) is 0 Å². The van der Waals surface area contributed by atoms with Crippen molar-refractivity contribution in [1.82, 2.24) is 20.5 Å². The van der Waals surface area contributed by atoms with E-state index < -0.39 is 3.93 Å². The molecule has 0 bridgehead atoms. The second-order valence-corrected chi connectivity index (χ2v) is 10.7. The summed E-state index contributed by atoms with van der Waals surface area (Å²) in [5, 5.41) is 12.7. The number of nitrogens with two attached hydrogens (primary N) is 1. The van der Waals surface area contributed by atoms with Gasteiger partial charge >= 0.3 is 3.93 Å². The Kier molecular flexibility index (Phi) is 8.58. The molecule has 1 heterocycles. The molecule has 3 rings (SSSR count). The number of hydrogen-bond acceptors (Lipinski definition) is 6. The predicted octanol–water partition coefficient (Wildman–Crippen LogP) is 6.34. The summed E-state index contributed by atoms with van der Waals surface area (Å²) >= 11 is 7.56. The van der Waals surface area contributed by atoms with Crippen LogP contribution in [0.5, 0.6) is 5.75 Å². The molecule has 5 N–H and O–H groups in total. The number of benzene rings is 2. The van der Waals surface area contributed by atoms with Gasteiger partial charge in [0.15, 0.2) is 0 Å². The zero-order valence-corrected chi connectivity index (χ0v) is 22.1. The Morgan fingerprint density at radius 2 is 1.85 bits per heavy atom. The van der Waals surface area contributed by atoms with Crippen LogP contribution in [0.25, 0.3) is 11.1 Å². The highest BCUT2D eigenvalue weighted by molar-refractivity contribution is 14.1. The third-order valence-electron chi connectivity index (χ3n) is 4.90. The fourth-order valence-corrected chi connectivity index (χ4v) is 3.96. The molecule has 1 aromatic heterocycles. The van der Waals surface area contributed by atoms with Gasteiger partial charge in [0.2, 0.25) is 11.9 Å². The van der Waals surface area contributed by atoms with Crippen LogP contribution in [0.1, 0.15) is 32.8 Å². The van der Waals surface area contributed by atoms with Gasteiger partial charge in [-0.05, 0) is 48.2 Å². The number of alkyl halides is 3. The second-order valence-electron chi connectivity index (χ2n) is 8.98. The molecule has 0 atom stereocenters. The number of nitrogens with zero attached hydrogens (tertiary/aromatic N) is 2. The van der Waals surface area contributed by atoms with E-state index in [4.69, 9.17) is 22.1 Å². The van der Waals surface area contributed by atoms with Gasteiger partial charge in [0, 0.05) is 45.9 Å². The number of aromatic amines is 1. The number of hydrogen-bond donors (Lipinski definition) is 4. The Bertz CT molecular complexity index is 1100. The Balaban J connectivity index is 1.71. The van der Waals surface area contributed by atoms with Crippen molar-refractivity contribution in [2.45, 2.75) is 31.1 Å². The van der Waals surface area contributed by atoms with Crippen LogP contribution in [0.2, 0.25) is 5.02 Å². The molecule has 0 saturated heterocycles. The van der Waals surface area contributed by atoms with Crippen LogP contribution in [0.3, 0.4) is 0 Å². The summed E-state index contributed by atoms with van der Waals surface area (Å²) < 4.78 is 31.7. The number of aromatic nitrogens is 3. The lowest BCUT2D eigenvalue weighted by Crippen LogP contribution is -2.25. The summed E-state index contributed by atoms with van der Waals surface area (Å²) in [4.78, 5) is 3.92. The number of nitrogens with one attached hydrogen (secondary N) is 3. The standard InChI is InChI=1S/C23H28ClF2IN6O/c1-22(2,3)8-9-29-10-11-34-16-6-4-14(5-7-16)19-17(23(25,26)27)12-15(13-18(19)24)30-21-31-20(28)32-33-21/h4-7,12-13,29H,8-11H2,1-3H3,(H4,28,30,31,32,33). The molecule has 0 aliphatic heterocycles. The first-order chi connectivity index (χ1) is 15.9. The van der Waals surface area contributed by atoms with Gasteiger partial charge in [-0.3, -0.25) is 0 Å². The first-order valence-corrected chi connectivity index (χ1v) is 12.2. The van der Waals surface area contributed by atoms with Crippen molar-refractivity contribution in [3.63, 3.8) is 0 Å². The zero-order chi connectivity index (χ0) is 24.9. The van der Waals surface area contributed by atoms with Crippen LogP contribution < -0.4 is 21.1 Å². The maximum Gasteiger partial charge on any atom is 0.322 e. The van der Waals surface area contributed by atoms with Crippen LogP contribution in [0.15, 0.2) is 36.4 Å². The van der Waals surface area contributed by atoms with Crippen molar-refractivity contribution >= 4 is 51.8 Å². The molecule has 0 aliphatic carbocycles. The molecule has 0 unspecified atom stereocenters. The van der Waals surface area contributed by atoms with Gasteiger partial charge in [-0.25, -0.2) is 5.10 Å². The van der Waals surface area contributed by atoms with Gasteiger partial charge in [-0.2, -0.15) is 13.8 Å². The molecule has 0 saturated carbocycles. The number of halogens is 4. The Hall–Kier alpha value is -2.18. The van der Waals surface area contributed by atoms with E-state index in [0.29, 0.717) is 23.6 Å². The van der Waals surface area contributed by atoms with Crippen molar-refractivity contribution in [1.29, 1.82) is 0 Å². The van der Waals surface area contributed by atoms with Gasteiger partial charge in [-0.1, -0.05) is 44.5 Å². The molecule has 3 aromatic rings. The maximum atomic E-state index is 14.5. The predicted molar refractivity (Wildman–Crippen MR) is 141 cm³/mol. The van der Waals surface area contributed by atoms with Crippen molar-refractivity contribution in [3.8, 4) is 16.9 Å². The van der Waals surface area contributed by atoms with E-state index in [9.17, 15) is 8.78 Å².